The molecular weight excluding hydrogens is 454 g/mol. The van der Waals surface area contributed by atoms with Gasteiger partial charge in [0.2, 0.25) is 5.91 Å². The molecule has 8 heteroatoms. The highest BCUT2D eigenvalue weighted by molar-refractivity contribution is 5.93. The van der Waals surface area contributed by atoms with Crippen LogP contribution in [0, 0.1) is 12.8 Å². The molecule has 1 aromatic heterocycles. The van der Waals surface area contributed by atoms with Gasteiger partial charge in [0.1, 0.15) is 6.10 Å². The minimum absolute atomic E-state index is 0.0746. The zero-order valence-electron chi connectivity index (χ0n) is 20.5. The second-order valence-electron chi connectivity index (χ2n) is 10.1. The van der Waals surface area contributed by atoms with Crippen molar-refractivity contribution < 1.29 is 14.3 Å². The van der Waals surface area contributed by atoms with Crippen LogP contribution in [0.5, 0.6) is 0 Å². The van der Waals surface area contributed by atoms with Gasteiger partial charge in [-0.2, -0.15) is 0 Å². The molecule has 1 saturated heterocycles. The molecule has 3 aromatic rings. The largest absolute Gasteiger partial charge is 0.365 e. The Labute approximate surface area is 210 Å². The fraction of sp³-hybridized carbons (Fsp3) is 0.429. The van der Waals surface area contributed by atoms with Crippen LogP contribution in [-0.4, -0.2) is 44.8 Å². The minimum Gasteiger partial charge on any atom is -0.365 e. The molecule has 0 bridgehead atoms. The summed E-state index contributed by atoms with van der Waals surface area (Å²) < 4.78 is 7.87. The van der Waals surface area contributed by atoms with Gasteiger partial charge in [-0.25, -0.2) is 4.68 Å². The summed E-state index contributed by atoms with van der Waals surface area (Å²) in [6.45, 7) is 3.97. The van der Waals surface area contributed by atoms with Gasteiger partial charge < -0.3 is 15.0 Å². The van der Waals surface area contributed by atoms with Crippen LogP contribution in [0.25, 0.3) is 0 Å². The lowest BCUT2D eigenvalue weighted by molar-refractivity contribution is -0.127. The number of nitrogens with one attached hydrogen (secondary N) is 1. The third kappa shape index (κ3) is 4.30. The molecule has 186 valence electrons. The number of aromatic nitrogens is 3. The van der Waals surface area contributed by atoms with E-state index in [0.717, 1.165) is 24.1 Å². The number of fused-ring (bicyclic) bond motifs is 2. The normalized spacial score (nSPS) is 21.6. The Bertz CT molecular complexity index is 1280. The van der Waals surface area contributed by atoms with Gasteiger partial charge in [-0.1, -0.05) is 59.3 Å². The maximum Gasteiger partial charge on any atom is 0.276 e. The zero-order valence-corrected chi connectivity index (χ0v) is 20.5. The molecule has 0 unspecified atom stereocenters. The number of aryl methyl sites for hydroxylation is 2. The molecule has 3 heterocycles. The van der Waals surface area contributed by atoms with E-state index in [9.17, 15) is 9.59 Å². The number of benzene rings is 2. The molecule has 1 fully saturated rings. The molecule has 2 aromatic carbocycles. The second-order valence-corrected chi connectivity index (χ2v) is 10.1. The molecule has 0 radical (unpaired) electrons. The summed E-state index contributed by atoms with van der Waals surface area (Å²) in [5.74, 6) is -0.105. The molecule has 6 rings (SSSR count). The van der Waals surface area contributed by atoms with E-state index in [4.69, 9.17) is 4.74 Å². The summed E-state index contributed by atoms with van der Waals surface area (Å²) in [6, 6.07) is 16.7. The lowest BCUT2D eigenvalue weighted by Gasteiger charge is -2.32. The molecule has 2 aliphatic heterocycles. The number of carbonyl (C=O) groups excluding carboxylic acids is 2. The lowest BCUT2D eigenvalue weighted by Crippen LogP contribution is -2.44. The summed E-state index contributed by atoms with van der Waals surface area (Å²) in [4.78, 5) is 28.0. The average Bonchev–Trinajstić information content (AvgIpc) is 3.53. The van der Waals surface area contributed by atoms with Gasteiger partial charge in [-0.3, -0.25) is 9.59 Å². The number of hydrogen-bond acceptors (Lipinski definition) is 5. The quantitative estimate of drug-likeness (QED) is 0.611. The van der Waals surface area contributed by atoms with Gasteiger partial charge in [-0.05, 0) is 49.3 Å². The molecule has 3 aliphatic rings. The number of rotatable bonds is 4. The van der Waals surface area contributed by atoms with Gasteiger partial charge >= 0.3 is 0 Å². The topological polar surface area (TPSA) is 89.4 Å². The molecule has 8 nitrogen and oxygen atoms in total. The van der Waals surface area contributed by atoms with Crippen molar-refractivity contribution in [3.8, 4) is 0 Å². The first-order valence-corrected chi connectivity index (χ1v) is 12.8. The predicted molar refractivity (Wildman–Crippen MR) is 133 cm³/mol. The summed E-state index contributed by atoms with van der Waals surface area (Å²) >= 11 is 0. The van der Waals surface area contributed by atoms with Crippen molar-refractivity contribution in [2.75, 3.05) is 13.1 Å². The maximum atomic E-state index is 13.3. The molecule has 36 heavy (non-hydrogen) atoms. The third-order valence-corrected chi connectivity index (χ3v) is 7.85. The van der Waals surface area contributed by atoms with Crippen LogP contribution in [0.15, 0.2) is 48.5 Å². The first kappa shape index (κ1) is 22.9. The van der Waals surface area contributed by atoms with E-state index in [1.165, 1.54) is 16.7 Å². The van der Waals surface area contributed by atoms with Crippen LogP contribution < -0.4 is 5.32 Å². The number of likely N-dealkylation sites (tertiary alicyclic amines) is 1. The molecule has 0 spiro atoms. The Kier molecular flexibility index (Phi) is 6.05. The van der Waals surface area contributed by atoms with E-state index in [-0.39, 0.29) is 29.9 Å². The summed E-state index contributed by atoms with van der Waals surface area (Å²) in [5, 5.41) is 11.7. The number of amides is 2. The maximum absolute atomic E-state index is 13.3. The lowest BCUT2D eigenvalue weighted by atomic mass is 9.95. The van der Waals surface area contributed by atoms with Gasteiger partial charge in [0.15, 0.2) is 5.69 Å². The van der Waals surface area contributed by atoms with E-state index < -0.39 is 0 Å². The highest BCUT2D eigenvalue weighted by atomic mass is 16.5. The molecule has 2 atom stereocenters. The Balaban J connectivity index is 1.05. The zero-order chi connectivity index (χ0) is 24.6. The highest BCUT2D eigenvalue weighted by Crippen LogP contribution is 2.32. The average molecular weight is 486 g/mol. The van der Waals surface area contributed by atoms with Crippen molar-refractivity contribution in [2.24, 2.45) is 5.92 Å². The Morgan fingerprint density at radius 2 is 1.81 bits per heavy atom. The summed E-state index contributed by atoms with van der Waals surface area (Å²) in [5.41, 5.74) is 5.95. The fourth-order valence-corrected chi connectivity index (χ4v) is 5.65. The van der Waals surface area contributed by atoms with Crippen LogP contribution >= 0.6 is 0 Å². The van der Waals surface area contributed by atoms with Crippen LogP contribution in [0.1, 0.15) is 69.8 Å². The van der Waals surface area contributed by atoms with Gasteiger partial charge in [-0.15, -0.1) is 5.10 Å². The van der Waals surface area contributed by atoms with E-state index >= 15 is 0 Å². The molecule has 0 saturated carbocycles. The number of nitrogens with zero attached hydrogens (tertiary/aromatic N) is 4. The number of carbonyl (C=O) groups is 2. The smallest absolute Gasteiger partial charge is 0.276 e. The molecular formula is C28H31N5O3. The van der Waals surface area contributed by atoms with Crippen LogP contribution in [0.3, 0.4) is 0 Å². The van der Waals surface area contributed by atoms with E-state index in [0.29, 0.717) is 44.8 Å². The van der Waals surface area contributed by atoms with Crippen LogP contribution in [0.4, 0.5) is 0 Å². The van der Waals surface area contributed by atoms with Crippen molar-refractivity contribution in [2.45, 2.75) is 57.9 Å². The highest BCUT2D eigenvalue weighted by Gasteiger charge is 2.34. The summed E-state index contributed by atoms with van der Waals surface area (Å²) in [6.07, 6.45) is 3.16. The van der Waals surface area contributed by atoms with E-state index in [1.54, 1.807) is 9.58 Å². The van der Waals surface area contributed by atoms with Crippen molar-refractivity contribution >= 4 is 11.8 Å². The Morgan fingerprint density at radius 3 is 2.61 bits per heavy atom. The SMILES string of the molecule is Cc1ccc([C@H]2Cn3nnc(C(=O)N4CCC(C(=O)N[C@@H]5CCc6ccccc65)CC4)c3CO2)cc1. The summed E-state index contributed by atoms with van der Waals surface area (Å²) in [7, 11) is 0. The predicted octanol–water partition coefficient (Wildman–Crippen LogP) is 3.51. The molecule has 1 N–H and O–H groups in total. The Morgan fingerprint density at radius 1 is 1.03 bits per heavy atom. The van der Waals surface area contributed by atoms with E-state index in [2.05, 4.69) is 65.0 Å². The van der Waals surface area contributed by atoms with Crippen LogP contribution in [0.2, 0.25) is 0 Å². The molecule has 2 amide bonds. The van der Waals surface area contributed by atoms with Crippen molar-refractivity contribution in [1.82, 2.24) is 25.2 Å². The number of piperidine rings is 1. The minimum atomic E-state index is -0.128. The number of ether oxygens (including phenoxy) is 1. The first-order chi connectivity index (χ1) is 17.6. The molecule has 1 aliphatic carbocycles. The third-order valence-electron chi connectivity index (χ3n) is 7.85. The van der Waals surface area contributed by atoms with Gasteiger partial charge in [0, 0.05) is 19.0 Å². The number of hydrogen-bond donors (Lipinski definition) is 1. The standard InChI is InChI=1S/C28H31N5O3/c1-18-6-8-20(9-7-18)25-16-33-24(17-36-25)26(30-31-33)28(35)32-14-12-21(13-15-32)27(34)29-23-11-10-19-4-2-3-5-22(19)23/h2-9,21,23,25H,10-17H2,1H3,(H,29,34)/t23-,25-/m1/s1. The Hall–Kier alpha value is -3.52. The van der Waals surface area contributed by atoms with Crippen molar-refractivity contribution in [3.05, 3.63) is 82.2 Å². The van der Waals surface area contributed by atoms with Crippen molar-refractivity contribution in [3.63, 3.8) is 0 Å². The monoisotopic (exact) mass is 485 g/mol. The van der Waals surface area contributed by atoms with Gasteiger partial charge in [0.25, 0.3) is 5.91 Å². The first-order valence-electron chi connectivity index (χ1n) is 12.8. The van der Waals surface area contributed by atoms with Gasteiger partial charge in [0.05, 0.1) is 24.9 Å². The second kappa shape index (κ2) is 9.50. The van der Waals surface area contributed by atoms with Crippen molar-refractivity contribution in [1.29, 1.82) is 0 Å². The van der Waals surface area contributed by atoms with E-state index in [1.807, 2.05) is 6.07 Å². The van der Waals surface area contributed by atoms with Crippen LogP contribution in [-0.2, 0) is 29.1 Å². The fourth-order valence-electron chi connectivity index (χ4n) is 5.65.